The Labute approximate surface area is 104 Å². The maximum Gasteiger partial charge on any atom is 0.251 e. The lowest BCUT2D eigenvalue weighted by atomic mass is 10.1. The Morgan fingerprint density at radius 2 is 2.18 bits per heavy atom. The third-order valence-corrected chi connectivity index (χ3v) is 3.71. The maximum atomic E-state index is 11.7. The molecule has 17 heavy (non-hydrogen) atoms. The molecule has 0 saturated carbocycles. The molecule has 1 unspecified atom stereocenters. The van der Waals surface area contributed by atoms with E-state index in [1.165, 1.54) is 6.07 Å². The summed E-state index contributed by atoms with van der Waals surface area (Å²) in [5, 5.41) is 12.1. The van der Waals surface area contributed by atoms with Gasteiger partial charge in [0.05, 0.1) is 0 Å². The summed E-state index contributed by atoms with van der Waals surface area (Å²) < 4.78 is 11.1. The van der Waals surface area contributed by atoms with Crippen LogP contribution in [0, 0.1) is 6.92 Å². The Balaban J connectivity index is 2.52. The van der Waals surface area contributed by atoms with Crippen molar-refractivity contribution >= 4 is 16.7 Å². The molecule has 0 aliphatic rings. The molecule has 0 aliphatic heterocycles. The van der Waals surface area contributed by atoms with Gasteiger partial charge < -0.3 is 10.4 Å². The van der Waals surface area contributed by atoms with Gasteiger partial charge in [-0.25, -0.2) is 0 Å². The van der Waals surface area contributed by atoms with Gasteiger partial charge in [-0.1, -0.05) is 13.0 Å². The Kier molecular flexibility index (Phi) is 5.15. The molecule has 1 amide bonds. The second kappa shape index (κ2) is 6.39. The van der Waals surface area contributed by atoms with E-state index in [4.69, 9.17) is 0 Å². The summed E-state index contributed by atoms with van der Waals surface area (Å²) in [5.41, 5.74) is 1.14. The van der Waals surface area contributed by atoms with Crippen LogP contribution in [-0.4, -0.2) is 33.3 Å². The van der Waals surface area contributed by atoms with Crippen LogP contribution >= 0.6 is 0 Å². The fourth-order valence-corrected chi connectivity index (χ4v) is 1.89. The van der Waals surface area contributed by atoms with E-state index in [0.29, 0.717) is 23.6 Å². The summed E-state index contributed by atoms with van der Waals surface area (Å²) in [5.74, 6) is 0.907. The second-order valence-corrected chi connectivity index (χ2v) is 5.56. The molecule has 1 atom stereocenters. The summed E-state index contributed by atoms with van der Waals surface area (Å²) in [4.78, 5) is 11.7. The van der Waals surface area contributed by atoms with E-state index in [9.17, 15) is 14.1 Å². The molecule has 0 radical (unpaired) electrons. The van der Waals surface area contributed by atoms with E-state index in [2.05, 4.69) is 5.32 Å². The van der Waals surface area contributed by atoms with Crippen molar-refractivity contribution in [2.75, 3.05) is 18.1 Å². The van der Waals surface area contributed by atoms with Crippen LogP contribution in [-0.2, 0) is 10.8 Å². The van der Waals surface area contributed by atoms with Crippen LogP contribution < -0.4 is 5.32 Å². The summed E-state index contributed by atoms with van der Waals surface area (Å²) in [6, 6.07) is 4.77. The number of phenolic OH excluding ortho intramolecular Hbond substituents is 1. The number of amides is 1. The Bertz CT molecular complexity index is 432. The third-order valence-electron chi connectivity index (χ3n) is 2.41. The highest BCUT2D eigenvalue weighted by molar-refractivity contribution is 7.84. The molecule has 0 heterocycles. The number of aromatic hydroxyl groups is 1. The number of carbonyl (C=O) groups is 1. The number of nitrogens with one attached hydrogen (secondary N) is 1. The molecule has 2 N–H and O–H groups in total. The van der Waals surface area contributed by atoms with E-state index < -0.39 is 10.8 Å². The highest BCUT2D eigenvalue weighted by Gasteiger charge is 2.07. The van der Waals surface area contributed by atoms with Gasteiger partial charge >= 0.3 is 0 Å². The molecule has 1 rings (SSSR count). The minimum atomic E-state index is -0.872. The number of aryl methyl sites for hydroxylation is 1. The fraction of sp³-hybridized carbons (Fsp3) is 0.417. The SMILES string of the molecule is CCS(=O)CCNC(=O)c1ccc(C)c(O)c1. The van der Waals surface area contributed by atoms with Crippen molar-refractivity contribution in [2.24, 2.45) is 0 Å². The van der Waals surface area contributed by atoms with Gasteiger partial charge in [-0.15, -0.1) is 0 Å². The summed E-state index contributed by atoms with van der Waals surface area (Å²) >= 11 is 0. The molecule has 5 heteroatoms. The van der Waals surface area contributed by atoms with Gasteiger partial charge in [0, 0.05) is 34.4 Å². The predicted molar refractivity (Wildman–Crippen MR) is 68.7 cm³/mol. The number of benzene rings is 1. The largest absolute Gasteiger partial charge is 0.508 e. The monoisotopic (exact) mass is 255 g/mol. The van der Waals surface area contributed by atoms with Crippen LogP contribution in [0.2, 0.25) is 0 Å². The Morgan fingerprint density at radius 1 is 1.47 bits per heavy atom. The van der Waals surface area contributed by atoms with Crippen LogP contribution in [0.5, 0.6) is 5.75 Å². The standard InChI is InChI=1S/C12H17NO3S/c1-3-17(16)7-6-13-12(15)10-5-4-9(2)11(14)8-10/h4-5,8,14H,3,6-7H2,1-2H3,(H,13,15). The average Bonchev–Trinajstić information content (AvgIpc) is 2.32. The smallest absolute Gasteiger partial charge is 0.251 e. The molecule has 94 valence electrons. The van der Waals surface area contributed by atoms with E-state index in [-0.39, 0.29) is 11.7 Å². The lowest BCUT2D eigenvalue weighted by Gasteiger charge is -2.06. The zero-order valence-corrected chi connectivity index (χ0v) is 10.8. The molecule has 1 aromatic rings. The highest BCUT2D eigenvalue weighted by atomic mass is 32.2. The van der Waals surface area contributed by atoms with Gasteiger partial charge in [0.2, 0.25) is 0 Å². The van der Waals surface area contributed by atoms with Crippen molar-refractivity contribution in [3.63, 3.8) is 0 Å². The molecule has 0 saturated heterocycles. The van der Waals surface area contributed by atoms with Crippen LogP contribution in [0.1, 0.15) is 22.8 Å². The van der Waals surface area contributed by atoms with Gasteiger partial charge in [-0.3, -0.25) is 9.00 Å². The van der Waals surface area contributed by atoms with E-state index >= 15 is 0 Å². The van der Waals surface area contributed by atoms with E-state index in [0.717, 1.165) is 5.56 Å². The van der Waals surface area contributed by atoms with Crippen LogP contribution in [0.25, 0.3) is 0 Å². The third kappa shape index (κ3) is 4.19. The maximum absolute atomic E-state index is 11.7. The zero-order valence-electron chi connectivity index (χ0n) is 10.0. The summed E-state index contributed by atoms with van der Waals surface area (Å²) in [7, 11) is -0.872. The van der Waals surface area contributed by atoms with Crippen LogP contribution in [0.4, 0.5) is 0 Å². The van der Waals surface area contributed by atoms with Gasteiger partial charge in [0.1, 0.15) is 5.75 Å². The first-order valence-electron chi connectivity index (χ1n) is 5.47. The van der Waals surface area contributed by atoms with Gasteiger partial charge in [-0.05, 0) is 24.6 Å². The minimum Gasteiger partial charge on any atom is -0.508 e. The number of carbonyl (C=O) groups excluding carboxylic acids is 1. The lowest BCUT2D eigenvalue weighted by molar-refractivity contribution is 0.0955. The number of phenols is 1. The molecule has 0 bridgehead atoms. The molecule has 0 aliphatic carbocycles. The van der Waals surface area contributed by atoms with Crippen molar-refractivity contribution in [1.29, 1.82) is 0 Å². The van der Waals surface area contributed by atoms with Crippen molar-refractivity contribution in [2.45, 2.75) is 13.8 Å². The highest BCUT2D eigenvalue weighted by Crippen LogP contribution is 2.17. The van der Waals surface area contributed by atoms with Crippen LogP contribution in [0.15, 0.2) is 18.2 Å². The van der Waals surface area contributed by atoms with Gasteiger partial charge in [0.25, 0.3) is 5.91 Å². The van der Waals surface area contributed by atoms with Gasteiger partial charge in [0.15, 0.2) is 0 Å². The minimum absolute atomic E-state index is 0.106. The fourth-order valence-electron chi connectivity index (χ4n) is 1.28. The Morgan fingerprint density at radius 3 is 2.76 bits per heavy atom. The quantitative estimate of drug-likeness (QED) is 0.831. The van der Waals surface area contributed by atoms with Crippen molar-refractivity contribution in [1.82, 2.24) is 5.32 Å². The molecular formula is C12H17NO3S. The molecule has 0 spiro atoms. The normalized spacial score (nSPS) is 12.1. The van der Waals surface area contributed by atoms with E-state index in [1.54, 1.807) is 19.1 Å². The average molecular weight is 255 g/mol. The number of rotatable bonds is 5. The van der Waals surface area contributed by atoms with Crippen molar-refractivity contribution in [3.8, 4) is 5.75 Å². The second-order valence-electron chi connectivity index (χ2n) is 3.69. The van der Waals surface area contributed by atoms with Crippen LogP contribution in [0.3, 0.4) is 0 Å². The molecule has 0 fully saturated rings. The van der Waals surface area contributed by atoms with Gasteiger partial charge in [-0.2, -0.15) is 0 Å². The lowest BCUT2D eigenvalue weighted by Crippen LogP contribution is -2.27. The van der Waals surface area contributed by atoms with Crippen molar-refractivity contribution in [3.05, 3.63) is 29.3 Å². The van der Waals surface area contributed by atoms with E-state index in [1.807, 2.05) is 6.92 Å². The summed E-state index contributed by atoms with van der Waals surface area (Å²) in [6.45, 7) is 3.99. The molecule has 0 aromatic heterocycles. The topological polar surface area (TPSA) is 66.4 Å². The number of hydrogen-bond acceptors (Lipinski definition) is 3. The zero-order chi connectivity index (χ0) is 12.8. The molecule has 4 nitrogen and oxygen atoms in total. The summed E-state index contributed by atoms with van der Waals surface area (Å²) in [6.07, 6.45) is 0. The molecule has 1 aromatic carbocycles. The first kappa shape index (κ1) is 13.7. The first-order valence-corrected chi connectivity index (χ1v) is 6.96. The molecular weight excluding hydrogens is 238 g/mol. The number of hydrogen-bond donors (Lipinski definition) is 2. The van der Waals surface area contributed by atoms with Crippen molar-refractivity contribution < 1.29 is 14.1 Å². The first-order chi connectivity index (χ1) is 8.04. The Hall–Kier alpha value is -1.36. The predicted octanol–water partition coefficient (Wildman–Crippen LogP) is 1.20.